The number of nitrogens with one attached hydrogen (secondary N) is 2. The third-order valence-corrected chi connectivity index (χ3v) is 5.84. The largest absolute Gasteiger partial charge is 0.305 e. The zero-order valence-corrected chi connectivity index (χ0v) is 12.9. The monoisotopic (exact) mass is 301 g/mol. The van der Waals surface area contributed by atoms with Crippen LogP contribution in [0.2, 0.25) is 0 Å². The van der Waals surface area contributed by atoms with E-state index >= 15 is 0 Å². The van der Waals surface area contributed by atoms with Crippen molar-refractivity contribution in [2.24, 2.45) is 5.41 Å². The Kier molecular flexibility index (Phi) is 3.01. The third kappa shape index (κ3) is 2.15. The van der Waals surface area contributed by atoms with Crippen molar-refractivity contribution in [3.05, 3.63) is 23.8 Å². The average Bonchev–Trinajstić information content (AvgIpc) is 3.03. The normalized spacial score (nSPS) is 23.4. The zero-order valence-electron chi connectivity index (χ0n) is 12.1. The Labute approximate surface area is 128 Å². The Morgan fingerprint density at radius 2 is 2.24 bits per heavy atom. The summed E-state index contributed by atoms with van der Waals surface area (Å²) in [5.74, 6) is 0.0823. The molecule has 1 saturated carbocycles. The Balaban J connectivity index is 1.53. The van der Waals surface area contributed by atoms with Crippen molar-refractivity contribution in [1.29, 1.82) is 0 Å². The van der Waals surface area contributed by atoms with Crippen molar-refractivity contribution in [2.45, 2.75) is 38.6 Å². The first kappa shape index (κ1) is 13.2. The molecule has 2 aromatic rings. The summed E-state index contributed by atoms with van der Waals surface area (Å²) in [5, 5.41) is 7.03. The molecule has 21 heavy (non-hydrogen) atoms. The molecule has 1 atom stereocenters. The summed E-state index contributed by atoms with van der Waals surface area (Å²) in [5.41, 5.74) is 2.39. The smallest absolute Gasteiger partial charge is 0.243 e. The maximum absolute atomic E-state index is 12.5. The number of hydrogen-bond donors (Lipinski definition) is 2. The van der Waals surface area contributed by atoms with E-state index in [2.05, 4.69) is 34.7 Å². The summed E-state index contributed by atoms with van der Waals surface area (Å²) in [6.07, 6.45) is 4.87. The van der Waals surface area contributed by atoms with E-state index in [0.29, 0.717) is 5.13 Å². The second-order valence-electron chi connectivity index (χ2n) is 6.36. The highest BCUT2D eigenvalue weighted by Crippen LogP contribution is 2.45. The van der Waals surface area contributed by atoms with E-state index in [1.54, 1.807) is 11.3 Å². The van der Waals surface area contributed by atoms with Crippen molar-refractivity contribution >= 4 is 32.6 Å². The van der Waals surface area contributed by atoms with Crippen molar-refractivity contribution < 1.29 is 4.79 Å². The van der Waals surface area contributed by atoms with E-state index in [9.17, 15) is 4.79 Å². The van der Waals surface area contributed by atoms with E-state index < -0.39 is 0 Å². The van der Waals surface area contributed by atoms with Crippen LogP contribution in [0.3, 0.4) is 0 Å². The molecule has 2 N–H and O–H groups in total. The van der Waals surface area contributed by atoms with Gasteiger partial charge >= 0.3 is 0 Å². The van der Waals surface area contributed by atoms with Gasteiger partial charge in [0.2, 0.25) is 5.91 Å². The predicted molar refractivity (Wildman–Crippen MR) is 85.7 cm³/mol. The van der Waals surface area contributed by atoms with Crippen LogP contribution in [0.25, 0.3) is 10.2 Å². The molecular weight excluding hydrogens is 282 g/mol. The van der Waals surface area contributed by atoms with Gasteiger partial charge in [-0.3, -0.25) is 4.79 Å². The quantitative estimate of drug-likeness (QED) is 0.896. The van der Waals surface area contributed by atoms with Crippen molar-refractivity contribution in [3.63, 3.8) is 0 Å². The maximum Gasteiger partial charge on any atom is 0.243 e. The molecule has 2 aliphatic rings. The van der Waals surface area contributed by atoms with E-state index in [1.165, 1.54) is 31.2 Å². The highest BCUT2D eigenvalue weighted by Gasteiger charge is 2.51. The number of aromatic nitrogens is 1. The molecule has 1 unspecified atom stereocenters. The van der Waals surface area contributed by atoms with Crippen LogP contribution >= 0.6 is 11.3 Å². The molecule has 1 saturated heterocycles. The van der Waals surface area contributed by atoms with Gasteiger partial charge in [-0.1, -0.05) is 30.2 Å². The molecule has 1 aromatic heterocycles. The number of carbonyl (C=O) groups excluding carboxylic acids is 1. The van der Waals surface area contributed by atoms with E-state index in [0.717, 1.165) is 16.8 Å². The number of benzene rings is 1. The summed E-state index contributed by atoms with van der Waals surface area (Å²) in [7, 11) is 0. The minimum absolute atomic E-state index is 0.0336. The molecular formula is C16H19N3OS. The molecule has 0 bridgehead atoms. The SMILES string of the molecule is Cc1ccc2nc(NC(=O)C3NCC34CCCC4)sc2c1. The van der Waals surface area contributed by atoms with Gasteiger partial charge in [0.05, 0.1) is 16.3 Å². The van der Waals surface area contributed by atoms with Gasteiger partial charge in [0.1, 0.15) is 0 Å². The lowest BCUT2D eigenvalue weighted by Crippen LogP contribution is -2.66. The summed E-state index contributed by atoms with van der Waals surface area (Å²) in [6.45, 7) is 3.06. The van der Waals surface area contributed by atoms with Gasteiger partial charge in [0.15, 0.2) is 5.13 Å². The summed E-state index contributed by atoms with van der Waals surface area (Å²) >= 11 is 1.55. The van der Waals surface area contributed by atoms with Gasteiger partial charge in [0.25, 0.3) is 0 Å². The molecule has 110 valence electrons. The molecule has 1 aliphatic heterocycles. The fourth-order valence-electron chi connectivity index (χ4n) is 3.67. The molecule has 2 fully saturated rings. The van der Waals surface area contributed by atoms with Crippen LogP contribution in [0.5, 0.6) is 0 Å². The second kappa shape index (κ2) is 4.78. The number of aryl methyl sites for hydroxylation is 1. The Bertz CT molecular complexity index is 703. The molecule has 4 rings (SSSR count). The summed E-state index contributed by atoms with van der Waals surface area (Å²) in [6, 6.07) is 6.14. The van der Waals surface area contributed by atoms with Gasteiger partial charge in [-0.25, -0.2) is 4.98 Å². The van der Waals surface area contributed by atoms with Gasteiger partial charge in [-0.15, -0.1) is 0 Å². The van der Waals surface area contributed by atoms with Gasteiger partial charge in [-0.2, -0.15) is 0 Å². The Hall–Kier alpha value is -1.46. The number of thiazole rings is 1. The number of fused-ring (bicyclic) bond motifs is 1. The standard InChI is InChI=1S/C16H19N3OS/c1-10-4-5-11-12(8-10)21-15(18-11)19-14(20)13-16(9-17-13)6-2-3-7-16/h4-5,8,13,17H,2-3,6-7,9H2,1H3,(H,18,19,20). The zero-order chi connectivity index (χ0) is 14.4. The molecule has 1 aliphatic carbocycles. The first-order valence-corrected chi connectivity index (χ1v) is 8.39. The van der Waals surface area contributed by atoms with E-state index in [-0.39, 0.29) is 17.4 Å². The number of amides is 1. The number of nitrogens with zero attached hydrogens (tertiary/aromatic N) is 1. The average molecular weight is 301 g/mol. The first-order valence-electron chi connectivity index (χ1n) is 7.58. The lowest BCUT2D eigenvalue weighted by Gasteiger charge is -2.47. The van der Waals surface area contributed by atoms with Crippen LogP contribution in [-0.4, -0.2) is 23.5 Å². The molecule has 2 heterocycles. The Morgan fingerprint density at radius 1 is 1.43 bits per heavy atom. The fourth-order valence-corrected chi connectivity index (χ4v) is 4.64. The van der Waals surface area contributed by atoms with Crippen molar-refractivity contribution in [1.82, 2.24) is 10.3 Å². The fraction of sp³-hybridized carbons (Fsp3) is 0.500. The van der Waals surface area contributed by atoms with Gasteiger partial charge < -0.3 is 10.6 Å². The van der Waals surface area contributed by atoms with Crippen molar-refractivity contribution in [3.8, 4) is 0 Å². The second-order valence-corrected chi connectivity index (χ2v) is 7.39. The number of carbonyl (C=O) groups is 1. The minimum Gasteiger partial charge on any atom is -0.305 e. The van der Waals surface area contributed by atoms with Crippen LogP contribution < -0.4 is 10.6 Å². The van der Waals surface area contributed by atoms with E-state index in [1.807, 2.05) is 6.07 Å². The first-order chi connectivity index (χ1) is 10.2. The van der Waals surface area contributed by atoms with Gasteiger partial charge in [0, 0.05) is 12.0 Å². The molecule has 1 aromatic carbocycles. The predicted octanol–water partition coefficient (Wildman–Crippen LogP) is 3.08. The van der Waals surface area contributed by atoms with Crippen LogP contribution in [0.1, 0.15) is 31.2 Å². The third-order valence-electron chi connectivity index (χ3n) is 4.91. The van der Waals surface area contributed by atoms with Crippen LogP contribution in [0, 0.1) is 12.3 Å². The van der Waals surface area contributed by atoms with Crippen LogP contribution in [0.15, 0.2) is 18.2 Å². The highest BCUT2D eigenvalue weighted by atomic mass is 32.1. The highest BCUT2D eigenvalue weighted by molar-refractivity contribution is 7.22. The van der Waals surface area contributed by atoms with Crippen LogP contribution in [0.4, 0.5) is 5.13 Å². The van der Waals surface area contributed by atoms with E-state index in [4.69, 9.17) is 0 Å². The molecule has 5 heteroatoms. The van der Waals surface area contributed by atoms with Crippen molar-refractivity contribution in [2.75, 3.05) is 11.9 Å². The lowest BCUT2D eigenvalue weighted by molar-refractivity contribution is -0.125. The summed E-state index contributed by atoms with van der Waals surface area (Å²) < 4.78 is 1.13. The summed E-state index contributed by atoms with van der Waals surface area (Å²) in [4.78, 5) is 17.0. The minimum atomic E-state index is -0.0336. The Morgan fingerprint density at radius 3 is 2.95 bits per heavy atom. The molecule has 4 nitrogen and oxygen atoms in total. The topological polar surface area (TPSA) is 54.0 Å². The maximum atomic E-state index is 12.5. The van der Waals surface area contributed by atoms with Crippen LogP contribution in [-0.2, 0) is 4.79 Å². The molecule has 0 radical (unpaired) electrons. The number of rotatable bonds is 2. The number of anilines is 1. The lowest BCUT2D eigenvalue weighted by atomic mass is 9.71. The van der Waals surface area contributed by atoms with Gasteiger partial charge in [-0.05, 0) is 37.5 Å². The molecule has 1 amide bonds. The number of hydrogen-bond acceptors (Lipinski definition) is 4. The molecule has 1 spiro atoms.